The molecule has 2 nitrogen and oxygen atoms in total. The lowest BCUT2D eigenvalue weighted by molar-refractivity contribution is -0.139. The second-order valence-corrected chi connectivity index (χ2v) is 5.48. The van der Waals surface area contributed by atoms with E-state index < -0.39 is 5.97 Å². The Hall–Kier alpha value is -1.02. The smallest absolute Gasteiger partial charge is 0.307 e. The molecule has 84 valence electrons. The second kappa shape index (κ2) is 3.24. The van der Waals surface area contributed by atoms with Gasteiger partial charge in [-0.25, -0.2) is 0 Å². The van der Waals surface area contributed by atoms with Crippen LogP contribution in [0.1, 0.15) is 24.0 Å². The fourth-order valence-corrected chi connectivity index (χ4v) is 3.21. The van der Waals surface area contributed by atoms with E-state index in [1.165, 1.54) is 11.1 Å². The van der Waals surface area contributed by atoms with Gasteiger partial charge < -0.3 is 5.11 Å². The van der Waals surface area contributed by atoms with E-state index in [1.807, 2.05) is 12.1 Å². The zero-order chi connectivity index (χ0) is 11.3. The molecule has 1 saturated carbocycles. The van der Waals surface area contributed by atoms with Crippen LogP contribution in [-0.4, -0.2) is 11.1 Å². The van der Waals surface area contributed by atoms with Crippen molar-refractivity contribution in [2.45, 2.75) is 25.7 Å². The maximum absolute atomic E-state index is 11.0. The summed E-state index contributed by atoms with van der Waals surface area (Å²) in [5.74, 6) is -0.742. The Morgan fingerprint density at radius 2 is 2.25 bits per heavy atom. The normalized spacial score (nSPS) is 31.2. The summed E-state index contributed by atoms with van der Waals surface area (Å²) in [5.41, 5.74) is 2.65. The zero-order valence-electron chi connectivity index (χ0n) is 8.87. The molecule has 1 fully saturated rings. The lowest BCUT2D eigenvalue weighted by Crippen LogP contribution is -2.20. The molecule has 0 radical (unpaired) electrons. The third kappa shape index (κ3) is 1.44. The number of aliphatic carboxylic acids is 1. The van der Waals surface area contributed by atoms with Crippen LogP contribution in [0.5, 0.6) is 0 Å². The summed E-state index contributed by atoms with van der Waals surface area (Å²) < 4.78 is 0. The van der Waals surface area contributed by atoms with Crippen molar-refractivity contribution in [1.29, 1.82) is 0 Å². The largest absolute Gasteiger partial charge is 0.481 e. The zero-order valence-corrected chi connectivity index (χ0v) is 9.63. The quantitative estimate of drug-likeness (QED) is 0.814. The maximum Gasteiger partial charge on any atom is 0.307 e. The van der Waals surface area contributed by atoms with E-state index in [-0.39, 0.29) is 11.3 Å². The highest BCUT2D eigenvalue weighted by Crippen LogP contribution is 2.60. The molecule has 0 aromatic heterocycles. The van der Waals surface area contributed by atoms with Crippen molar-refractivity contribution < 1.29 is 9.90 Å². The fourth-order valence-electron chi connectivity index (χ4n) is 3.02. The summed E-state index contributed by atoms with van der Waals surface area (Å²) >= 11 is 5.95. The first-order valence-corrected chi connectivity index (χ1v) is 5.99. The fraction of sp³-hybridized carbons (Fsp3) is 0.462. The molecule has 2 unspecified atom stereocenters. The third-order valence-corrected chi connectivity index (χ3v) is 4.33. The Kier molecular flexibility index (Phi) is 2.05. The van der Waals surface area contributed by atoms with E-state index in [0.717, 1.165) is 30.7 Å². The molecule has 16 heavy (non-hydrogen) atoms. The van der Waals surface area contributed by atoms with E-state index in [4.69, 9.17) is 16.7 Å². The van der Waals surface area contributed by atoms with Gasteiger partial charge in [0.05, 0.1) is 5.92 Å². The van der Waals surface area contributed by atoms with E-state index in [1.54, 1.807) is 0 Å². The minimum atomic E-state index is -0.627. The number of carboxylic acids is 1. The molecule has 3 rings (SSSR count). The van der Waals surface area contributed by atoms with Gasteiger partial charge in [-0.15, -0.1) is 0 Å². The van der Waals surface area contributed by atoms with Crippen LogP contribution in [0.25, 0.3) is 0 Å². The van der Waals surface area contributed by atoms with Gasteiger partial charge in [-0.05, 0) is 54.4 Å². The highest BCUT2D eigenvalue weighted by molar-refractivity contribution is 6.30. The molecule has 0 aliphatic heterocycles. The van der Waals surface area contributed by atoms with Crippen LogP contribution in [0.15, 0.2) is 18.2 Å². The van der Waals surface area contributed by atoms with E-state index in [9.17, 15) is 4.79 Å². The number of carbonyl (C=O) groups is 1. The van der Waals surface area contributed by atoms with Gasteiger partial charge in [0.2, 0.25) is 0 Å². The SMILES string of the molecule is O=C(O)C1CC12CCc1cc(Cl)ccc1C2. The number of aryl methyl sites for hydroxylation is 1. The predicted octanol–water partition coefficient (Wildman–Crippen LogP) is 2.92. The van der Waals surface area contributed by atoms with Crippen molar-refractivity contribution in [1.82, 2.24) is 0 Å². The number of hydrogen-bond donors (Lipinski definition) is 1. The Morgan fingerprint density at radius 3 is 2.94 bits per heavy atom. The summed E-state index contributed by atoms with van der Waals surface area (Å²) in [6.45, 7) is 0. The first-order valence-electron chi connectivity index (χ1n) is 5.61. The van der Waals surface area contributed by atoms with E-state index in [2.05, 4.69) is 6.07 Å². The summed E-state index contributed by atoms with van der Waals surface area (Å²) in [5, 5.41) is 9.82. The average Bonchev–Trinajstić information content (AvgIpc) is 2.94. The highest BCUT2D eigenvalue weighted by atomic mass is 35.5. The van der Waals surface area contributed by atoms with Gasteiger partial charge in [0.15, 0.2) is 0 Å². The van der Waals surface area contributed by atoms with Gasteiger partial charge in [-0.2, -0.15) is 0 Å². The van der Waals surface area contributed by atoms with Crippen LogP contribution < -0.4 is 0 Å². The summed E-state index contributed by atoms with van der Waals surface area (Å²) in [7, 11) is 0. The molecular formula is C13H13ClO2. The van der Waals surface area contributed by atoms with Gasteiger partial charge in [0.1, 0.15) is 0 Å². The van der Waals surface area contributed by atoms with E-state index in [0.29, 0.717) is 0 Å². The minimum Gasteiger partial charge on any atom is -0.481 e. The second-order valence-electron chi connectivity index (χ2n) is 5.05. The molecular weight excluding hydrogens is 224 g/mol. The van der Waals surface area contributed by atoms with Gasteiger partial charge in [0, 0.05) is 5.02 Å². The van der Waals surface area contributed by atoms with Crippen molar-refractivity contribution in [3.63, 3.8) is 0 Å². The number of carboxylic acid groups (broad SMARTS) is 1. The van der Waals surface area contributed by atoms with Gasteiger partial charge in [-0.1, -0.05) is 17.7 Å². The molecule has 0 bridgehead atoms. The molecule has 1 spiro atoms. The Bertz CT molecular complexity index is 469. The van der Waals surface area contributed by atoms with Crippen molar-refractivity contribution >= 4 is 17.6 Å². The molecule has 2 aliphatic rings. The Morgan fingerprint density at radius 1 is 1.44 bits per heavy atom. The van der Waals surface area contributed by atoms with Crippen molar-refractivity contribution in [2.75, 3.05) is 0 Å². The molecule has 0 heterocycles. The number of benzene rings is 1. The van der Waals surface area contributed by atoms with Crippen LogP contribution >= 0.6 is 11.6 Å². The average molecular weight is 237 g/mol. The standard InChI is InChI=1S/C13H13ClO2/c14-10-2-1-9-6-13(4-3-8(9)5-10)7-11(13)12(15)16/h1-2,5,11H,3-4,6-7H2,(H,15,16). The van der Waals surface area contributed by atoms with Crippen LogP contribution in [0, 0.1) is 11.3 Å². The molecule has 3 heteroatoms. The monoisotopic (exact) mass is 236 g/mol. The summed E-state index contributed by atoms with van der Waals surface area (Å²) in [4.78, 5) is 11.0. The summed E-state index contributed by atoms with van der Waals surface area (Å²) in [6.07, 6.45) is 3.73. The maximum atomic E-state index is 11.0. The molecule has 2 atom stereocenters. The van der Waals surface area contributed by atoms with Gasteiger partial charge in [-0.3, -0.25) is 4.79 Å². The molecule has 1 N–H and O–H groups in total. The predicted molar refractivity (Wildman–Crippen MR) is 61.7 cm³/mol. The lowest BCUT2D eigenvalue weighted by atomic mass is 9.80. The van der Waals surface area contributed by atoms with E-state index >= 15 is 0 Å². The molecule has 1 aromatic carbocycles. The van der Waals surface area contributed by atoms with Crippen LogP contribution in [0.4, 0.5) is 0 Å². The lowest BCUT2D eigenvalue weighted by Gasteiger charge is -2.25. The van der Waals surface area contributed by atoms with Gasteiger partial charge >= 0.3 is 5.97 Å². The first kappa shape index (κ1) is 10.2. The minimum absolute atomic E-state index is 0.0622. The highest BCUT2D eigenvalue weighted by Gasteiger charge is 2.58. The number of rotatable bonds is 1. The topological polar surface area (TPSA) is 37.3 Å². The van der Waals surface area contributed by atoms with Crippen LogP contribution in [0.2, 0.25) is 5.02 Å². The number of halogens is 1. The van der Waals surface area contributed by atoms with Crippen molar-refractivity contribution in [2.24, 2.45) is 11.3 Å². The summed E-state index contributed by atoms with van der Waals surface area (Å²) in [6, 6.07) is 5.97. The first-order chi connectivity index (χ1) is 7.61. The van der Waals surface area contributed by atoms with Crippen molar-refractivity contribution in [3.05, 3.63) is 34.3 Å². The van der Waals surface area contributed by atoms with Crippen molar-refractivity contribution in [3.8, 4) is 0 Å². The van der Waals surface area contributed by atoms with Gasteiger partial charge in [0.25, 0.3) is 0 Å². The van der Waals surface area contributed by atoms with Crippen LogP contribution in [0.3, 0.4) is 0 Å². The Balaban J connectivity index is 1.88. The molecule has 2 aliphatic carbocycles. The molecule has 0 saturated heterocycles. The number of hydrogen-bond acceptors (Lipinski definition) is 1. The Labute approximate surface area is 99.2 Å². The molecule has 0 amide bonds. The van der Waals surface area contributed by atoms with Crippen LogP contribution in [-0.2, 0) is 17.6 Å². The molecule has 1 aromatic rings. The third-order valence-electron chi connectivity index (χ3n) is 4.09. The number of fused-ring (bicyclic) bond motifs is 1.